The van der Waals surface area contributed by atoms with Crippen molar-refractivity contribution in [1.29, 1.82) is 0 Å². The molecule has 1 aromatic heterocycles. The van der Waals surface area contributed by atoms with Gasteiger partial charge in [-0.3, -0.25) is 4.79 Å². The number of rotatable bonds is 4. The summed E-state index contributed by atoms with van der Waals surface area (Å²) in [6.07, 6.45) is 3.89. The summed E-state index contributed by atoms with van der Waals surface area (Å²) in [7, 11) is 1.75. The molecule has 1 radical (unpaired) electrons. The summed E-state index contributed by atoms with van der Waals surface area (Å²) in [6.45, 7) is 1.49. The lowest BCUT2D eigenvalue weighted by molar-refractivity contribution is -0.489. The molecule has 2 heterocycles. The van der Waals surface area contributed by atoms with Gasteiger partial charge in [-0.1, -0.05) is 22.9 Å². The first-order valence-corrected chi connectivity index (χ1v) is 7.09. The summed E-state index contributed by atoms with van der Waals surface area (Å²) < 4.78 is 14.7. The summed E-state index contributed by atoms with van der Waals surface area (Å²) in [5.74, 6) is -0.0545. The van der Waals surface area contributed by atoms with Crippen LogP contribution in [0.15, 0.2) is 59.5 Å². The first-order valence-electron chi connectivity index (χ1n) is 7.09. The SMILES string of the molecule is C[N+]1=N[CH]C(C(=O)Nc2ccc(Cc3cccc(F)c3)cn2)=C1.[HH]. The van der Waals surface area contributed by atoms with Gasteiger partial charge < -0.3 is 5.32 Å². The van der Waals surface area contributed by atoms with Crippen LogP contribution in [-0.4, -0.2) is 22.6 Å². The second kappa shape index (κ2) is 6.48. The summed E-state index contributed by atoms with van der Waals surface area (Å²) in [5, 5.41) is 6.66. The third-order valence-electron chi connectivity index (χ3n) is 3.33. The van der Waals surface area contributed by atoms with Crippen LogP contribution in [0, 0.1) is 12.4 Å². The van der Waals surface area contributed by atoms with E-state index in [-0.39, 0.29) is 13.2 Å². The second-order valence-electron chi connectivity index (χ2n) is 5.22. The van der Waals surface area contributed by atoms with Crippen molar-refractivity contribution in [3.8, 4) is 0 Å². The molecule has 0 atom stereocenters. The van der Waals surface area contributed by atoms with Crippen LogP contribution in [0.25, 0.3) is 0 Å². The number of amides is 1. The van der Waals surface area contributed by atoms with Gasteiger partial charge in [-0.2, -0.15) is 0 Å². The van der Waals surface area contributed by atoms with Crippen LogP contribution >= 0.6 is 0 Å². The molecule has 0 saturated heterocycles. The predicted molar refractivity (Wildman–Crippen MR) is 85.2 cm³/mol. The minimum absolute atomic E-state index is 0. The minimum atomic E-state index is -0.261. The second-order valence-corrected chi connectivity index (χ2v) is 5.22. The molecule has 1 aliphatic rings. The number of carbonyl (C=O) groups excluding carboxylic acids is 1. The molecule has 5 nitrogen and oxygen atoms in total. The van der Waals surface area contributed by atoms with Gasteiger partial charge in [0.05, 0.1) is 0 Å². The molecule has 0 spiro atoms. The van der Waals surface area contributed by atoms with Crippen LogP contribution < -0.4 is 5.32 Å². The van der Waals surface area contributed by atoms with Crippen LogP contribution in [-0.2, 0) is 11.2 Å². The maximum Gasteiger partial charge on any atom is 0.261 e. The van der Waals surface area contributed by atoms with E-state index in [2.05, 4.69) is 15.4 Å². The highest BCUT2D eigenvalue weighted by Gasteiger charge is 2.20. The molecule has 23 heavy (non-hydrogen) atoms. The van der Waals surface area contributed by atoms with Crippen molar-refractivity contribution in [3.05, 3.63) is 77.9 Å². The monoisotopic (exact) mass is 312 g/mol. The smallest absolute Gasteiger partial charge is 0.261 e. The van der Waals surface area contributed by atoms with Gasteiger partial charge in [0.15, 0.2) is 13.6 Å². The van der Waals surface area contributed by atoms with Gasteiger partial charge in [0.2, 0.25) is 6.20 Å². The van der Waals surface area contributed by atoms with Gasteiger partial charge in [0.25, 0.3) is 5.91 Å². The molecule has 0 bridgehead atoms. The van der Waals surface area contributed by atoms with Crippen molar-refractivity contribution >= 4 is 11.7 Å². The molecule has 117 valence electrons. The highest BCUT2D eigenvalue weighted by Crippen LogP contribution is 2.14. The molecule has 1 aliphatic heterocycles. The van der Waals surface area contributed by atoms with Gasteiger partial charge >= 0.3 is 0 Å². The molecule has 1 aromatic carbocycles. The standard InChI is InChI=1S/C17H14FN4O.H2/c1-22-11-14(10-20-22)17(23)21-16-6-5-13(9-19-16)7-12-3-2-4-15(18)8-12;/h2-6,8-11H,7H2,1H3;1H/p+1. The van der Waals surface area contributed by atoms with E-state index in [9.17, 15) is 9.18 Å². The fraction of sp³-hybridized carbons (Fsp3) is 0.118. The maximum atomic E-state index is 13.2. The molecule has 1 N–H and O–H groups in total. The van der Waals surface area contributed by atoms with E-state index in [0.29, 0.717) is 17.8 Å². The van der Waals surface area contributed by atoms with Crippen LogP contribution in [0.1, 0.15) is 12.6 Å². The van der Waals surface area contributed by atoms with Crippen molar-refractivity contribution in [2.45, 2.75) is 6.42 Å². The van der Waals surface area contributed by atoms with Crippen molar-refractivity contribution in [2.24, 2.45) is 5.11 Å². The molecule has 1 amide bonds. The molecule has 0 fully saturated rings. The number of azo groups is 2. The molecule has 3 rings (SSSR count). The fourth-order valence-electron chi connectivity index (χ4n) is 2.21. The maximum absolute atomic E-state index is 13.2. The molecule has 6 heteroatoms. The summed E-state index contributed by atoms with van der Waals surface area (Å²) >= 11 is 0. The number of nitrogens with zero attached hydrogens (tertiary/aromatic N) is 3. The van der Waals surface area contributed by atoms with E-state index in [4.69, 9.17) is 0 Å². The molecule has 0 unspecified atom stereocenters. The minimum Gasteiger partial charge on any atom is -0.307 e. The number of hydrogen-bond acceptors (Lipinski definition) is 3. The normalized spacial score (nSPS) is 13.5. The van der Waals surface area contributed by atoms with Gasteiger partial charge in [-0.25, -0.2) is 9.37 Å². The van der Waals surface area contributed by atoms with Crippen LogP contribution in [0.3, 0.4) is 0 Å². The molecular formula is C17H17FN4O+. The van der Waals surface area contributed by atoms with Crippen LogP contribution in [0.5, 0.6) is 0 Å². The quantitative estimate of drug-likeness (QED) is 0.882. The Bertz CT molecular complexity index is 802. The van der Waals surface area contributed by atoms with Crippen molar-refractivity contribution in [3.63, 3.8) is 0 Å². The largest absolute Gasteiger partial charge is 0.307 e. The highest BCUT2D eigenvalue weighted by atomic mass is 19.1. The van der Waals surface area contributed by atoms with Crippen LogP contribution in [0.2, 0.25) is 0 Å². The predicted octanol–water partition coefficient (Wildman–Crippen LogP) is 3.15. The zero-order valence-electron chi connectivity index (χ0n) is 12.5. The van der Waals surface area contributed by atoms with Gasteiger partial charge in [-0.05, 0) is 40.9 Å². The lowest BCUT2D eigenvalue weighted by Crippen LogP contribution is -2.14. The number of halogens is 1. The number of pyridine rings is 1. The molecule has 0 aliphatic carbocycles. The van der Waals surface area contributed by atoms with Crippen LogP contribution in [0.4, 0.5) is 10.2 Å². The zero-order chi connectivity index (χ0) is 16.2. The number of nitrogens with one attached hydrogen (secondary N) is 1. The Kier molecular flexibility index (Phi) is 4.23. The Balaban J connectivity index is 0.00000208. The van der Waals surface area contributed by atoms with E-state index < -0.39 is 0 Å². The van der Waals surface area contributed by atoms with Gasteiger partial charge in [-0.15, -0.1) is 0 Å². The Morgan fingerprint density at radius 1 is 1.30 bits per heavy atom. The lowest BCUT2D eigenvalue weighted by atomic mass is 10.1. The number of hydrogen-bond donors (Lipinski definition) is 1. The van der Waals surface area contributed by atoms with Crippen molar-refractivity contribution in [1.82, 2.24) is 4.98 Å². The average Bonchev–Trinajstić information content (AvgIpc) is 2.96. The first kappa shape index (κ1) is 15.0. The molecule has 2 aromatic rings. The van der Waals surface area contributed by atoms with E-state index in [1.54, 1.807) is 36.3 Å². The van der Waals surface area contributed by atoms with E-state index in [1.807, 2.05) is 12.1 Å². The summed E-state index contributed by atoms with van der Waals surface area (Å²) in [6, 6.07) is 10.0. The van der Waals surface area contributed by atoms with E-state index in [0.717, 1.165) is 11.1 Å². The Hall–Kier alpha value is -2.89. The highest BCUT2D eigenvalue weighted by molar-refractivity contribution is 6.04. The fourth-order valence-corrected chi connectivity index (χ4v) is 2.21. The molecular weight excluding hydrogens is 295 g/mol. The number of anilines is 1. The average molecular weight is 312 g/mol. The van der Waals surface area contributed by atoms with Gasteiger partial charge in [0, 0.05) is 7.62 Å². The van der Waals surface area contributed by atoms with E-state index >= 15 is 0 Å². The topological polar surface area (TPSA) is 57.4 Å². The summed E-state index contributed by atoms with van der Waals surface area (Å²) in [4.78, 5) is 16.2. The lowest BCUT2D eigenvalue weighted by Gasteiger charge is -2.05. The number of aromatic nitrogens is 1. The number of carbonyl (C=O) groups is 1. The van der Waals surface area contributed by atoms with Crippen molar-refractivity contribution < 1.29 is 15.3 Å². The third-order valence-corrected chi connectivity index (χ3v) is 3.33. The molecule has 0 saturated carbocycles. The Labute approximate surface area is 134 Å². The van der Waals surface area contributed by atoms with E-state index in [1.165, 1.54) is 18.7 Å². The Morgan fingerprint density at radius 3 is 2.83 bits per heavy atom. The van der Waals surface area contributed by atoms with Crippen molar-refractivity contribution in [2.75, 3.05) is 12.4 Å². The van der Waals surface area contributed by atoms with Gasteiger partial charge in [0.1, 0.15) is 17.2 Å². The number of benzene rings is 1. The third kappa shape index (κ3) is 3.85. The summed E-state index contributed by atoms with van der Waals surface area (Å²) in [5.41, 5.74) is 2.28. The first-order chi connectivity index (χ1) is 11.1. The Morgan fingerprint density at radius 2 is 2.17 bits per heavy atom. The zero-order valence-corrected chi connectivity index (χ0v) is 12.5.